The highest BCUT2D eigenvalue weighted by molar-refractivity contribution is 6.07. The van der Waals surface area contributed by atoms with Crippen molar-refractivity contribution in [2.75, 3.05) is 26.0 Å². The lowest BCUT2D eigenvalue weighted by atomic mass is 9.85. The maximum atomic E-state index is 12.4. The molecule has 0 atom stereocenters. The number of aromatic hydroxyl groups is 1. The first-order valence-corrected chi connectivity index (χ1v) is 11.0. The Morgan fingerprint density at radius 3 is 2.39 bits per heavy atom. The number of benzene rings is 2. The van der Waals surface area contributed by atoms with E-state index in [4.69, 9.17) is 0 Å². The van der Waals surface area contributed by atoms with Gasteiger partial charge in [-0.05, 0) is 88.0 Å². The summed E-state index contributed by atoms with van der Waals surface area (Å²) in [6.45, 7) is 2.74. The van der Waals surface area contributed by atoms with E-state index in [1.807, 2.05) is 24.3 Å². The van der Waals surface area contributed by atoms with Crippen LogP contribution in [-0.2, 0) is 0 Å². The summed E-state index contributed by atoms with van der Waals surface area (Å²) in [6, 6.07) is 13.7. The fourth-order valence-electron chi connectivity index (χ4n) is 4.66. The molecule has 2 aromatic carbocycles. The van der Waals surface area contributed by atoms with Crippen LogP contribution in [0, 0.1) is 5.92 Å². The van der Waals surface area contributed by atoms with E-state index in [0.29, 0.717) is 11.6 Å². The fraction of sp³-hybridized carbons (Fsp3) is 0.385. The minimum atomic E-state index is 0.0215. The van der Waals surface area contributed by atoms with Gasteiger partial charge in [0.2, 0.25) is 0 Å². The van der Waals surface area contributed by atoms with Crippen molar-refractivity contribution in [3.63, 3.8) is 0 Å². The van der Waals surface area contributed by atoms with Crippen molar-refractivity contribution in [3.05, 3.63) is 54.2 Å². The number of anilines is 1. The zero-order valence-corrected chi connectivity index (χ0v) is 18.6. The van der Waals surface area contributed by atoms with Crippen molar-refractivity contribution in [3.8, 4) is 16.9 Å². The van der Waals surface area contributed by atoms with E-state index in [1.54, 1.807) is 25.3 Å². The van der Waals surface area contributed by atoms with E-state index < -0.39 is 0 Å². The lowest BCUT2D eigenvalue weighted by Crippen LogP contribution is -2.31. The number of rotatable bonds is 6. The first kappa shape index (κ1) is 21.3. The standard InChI is InChI=1S/C26H31N3O2/c1-17(30)24-15-27-25-13-8-20(19-6-11-22(31)12-7-19)14-23(25)26(24)28-21-9-4-18(5-10-21)16-29(2)3/h6-8,11-15,18,21,31H,4-5,9-10,16H2,1-3H3,(H,27,28)/t18-,21-. The van der Waals surface area contributed by atoms with Crippen LogP contribution in [0.3, 0.4) is 0 Å². The van der Waals surface area contributed by atoms with Crippen LogP contribution in [0.1, 0.15) is 43.0 Å². The normalized spacial score (nSPS) is 19.0. The molecule has 1 fully saturated rings. The summed E-state index contributed by atoms with van der Waals surface area (Å²) in [4.78, 5) is 19.2. The Balaban J connectivity index is 1.67. The number of hydrogen-bond acceptors (Lipinski definition) is 5. The van der Waals surface area contributed by atoms with E-state index >= 15 is 0 Å². The SMILES string of the molecule is CC(=O)c1cnc2ccc(-c3ccc(O)cc3)cc2c1N[C@H]1CC[C@H](CN(C)C)CC1. The first-order valence-electron chi connectivity index (χ1n) is 11.0. The monoisotopic (exact) mass is 417 g/mol. The molecule has 1 heterocycles. The molecular weight excluding hydrogens is 386 g/mol. The average Bonchev–Trinajstić information content (AvgIpc) is 2.75. The maximum absolute atomic E-state index is 12.4. The van der Waals surface area contributed by atoms with Gasteiger partial charge in [0.25, 0.3) is 0 Å². The molecule has 31 heavy (non-hydrogen) atoms. The lowest BCUT2D eigenvalue weighted by molar-refractivity contribution is 0.101. The molecule has 1 aliphatic rings. The van der Waals surface area contributed by atoms with Gasteiger partial charge in [-0.15, -0.1) is 0 Å². The molecule has 2 N–H and O–H groups in total. The van der Waals surface area contributed by atoms with Gasteiger partial charge < -0.3 is 15.3 Å². The summed E-state index contributed by atoms with van der Waals surface area (Å²) in [5.41, 5.74) is 4.46. The molecule has 4 rings (SSSR count). The van der Waals surface area contributed by atoms with Crippen LogP contribution in [0.5, 0.6) is 5.75 Å². The van der Waals surface area contributed by atoms with E-state index in [9.17, 15) is 9.90 Å². The van der Waals surface area contributed by atoms with Gasteiger partial charge in [0.15, 0.2) is 5.78 Å². The predicted octanol–water partition coefficient (Wildman–Crippen LogP) is 5.34. The molecule has 5 nitrogen and oxygen atoms in total. The number of carbonyl (C=O) groups excluding carboxylic acids is 1. The Hall–Kier alpha value is -2.92. The second-order valence-corrected chi connectivity index (χ2v) is 9.01. The van der Waals surface area contributed by atoms with Gasteiger partial charge in [-0.1, -0.05) is 18.2 Å². The highest BCUT2D eigenvalue weighted by Gasteiger charge is 2.23. The smallest absolute Gasteiger partial charge is 0.163 e. The largest absolute Gasteiger partial charge is 0.508 e. The zero-order valence-electron chi connectivity index (χ0n) is 18.6. The van der Waals surface area contributed by atoms with Gasteiger partial charge in [-0.3, -0.25) is 9.78 Å². The summed E-state index contributed by atoms with van der Waals surface area (Å²) in [7, 11) is 4.27. The van der Waals surface area contributed by atoms with Gasteiger partial charge in [0, 0.05) is 24.2 Å². The summed E-state index contributed by atoms with van der Waals surface area (Å²) in [6.07, 6.45) is 6.32. The number of aromatic nitrogens is 1. The number of hydrogen-bond donors (Lipinski definition) is 2. The third kappa shape index (κ3) is 4.88. The Labute approximate surface area is 184 Å². The number of ketones is 1. The molecule has 1 saturated carbocycles. The molecule has 0 aliphatic heterocycles. The van der Waals surface area contributed by atoms with Gasteiger partial charge in [0.1, 0.15) is 5.75 Å². The number of carbonyl (C=O) groups is 1. The van der Waals surface area contributed by atoms with Gasteiger partial charge >= 0.3 is 0 Å². The molecule has 0 radical (unpaired) electrons. The second kappa shape index (κ2) is 9.06. The Morgan fingerprint density at radius 1 is 1.06 bits per heavy atom. The number of nitrogens with one attached hydrogen (secondary N) is 1. The predicted molar refractivity (Wildman–Crippen MR) is 127 cm³/mol. The first-order chi connectivity index (χ1) is 14.9. The third-order valence-corrected chi connectivity index (χ3v) is 6.27. The van der Waals surface area contributed by atoms with Crippen molar-refractivity contribution in [1.82, 2.24) is 9.88 Å². The van der Waals surface area contributed by atoms with Crippen molar-refractivity contribution in [2.45, 2.75) is 38.6 Å². The van der Waals surface area contributed by atoms with Crippen LogP contribution in [0.15, 0.2) is 48.7 Å². The van der Waals surface area contributed by atoms with E-state index in [-0.39, 0.29) is 11.5 Å². The van der Waals surface area contributed by atoms with Gasteiger partial charge in [-0.25, -0.2) is 0 Å². The molecule has 0 saturated heterocycles. The van der Waals surface area contributed by atoms with E-state index in [2.05, 4.69) is 35.4 Å². The van der Waals surface area contributed by atoms with Crippen molar-refractivity contribution in [2.24, 2.45) is 5.92 Å². The van der Waals surface area contributed by atoms with Crippen LogP contribution < -0.4 is 5.32 Å². The van der Waals surface area contributed by atoms with Crippen molar-refractivity contribution >= 4 is 22.4 Å². The van der Waals surface area contributed by atoms with Crippen LogP contribution in [0.25, 0.3) is 22.0 Å². The zero-order chi connectivity index (χ0) is 22.0. The Morgan fingerprint density at radius 2 is 1.74 bits per heavy atom. The van der Waals surface area contributed by atoms with E-state index in [1.165, 1.54) is 12.8 Å². The Kier molecular flexibility index (Phi) is 6.23. The molecular formula is C26H31N3O2. The molecule has 162 valence electrons. The molecule has 1 aliphatic carbocycles. The van der Waals surface area contributed by atoms with Crippen molar-refractivity contribution < 1.29 is 9.90 Å². The molecule has 1 aromatic heterocycles. The molecule has 3 aromatic rings. The maximum Gasteiger partial charge on any atom is 0.163 e. The summed E-state index contributed by atoms with van der Waals surface area (Å²) in [5.74, 6) is 1.01. The van der Waals surface area contributed by atoms with Crippen LogP contribution >= 0.6 is 0 Å². The quantitative estimate of drug-likeness (QED) is 0.530. The average molecular weight is 418 g/mol. The minimum Gasteiger partial charge on any atom is -0.508 e. The lowest BCUT2D eigenvalue weighted by Gasteiger charge is -2.32. The van der Waals surface area contributed by atoms with Crippen LogP contribution in [0.2, 0.25) is 0 Å². The fourth-order valence-corrected chi connectivity index (χ4v) is 4.66. The van der Waals surface area contributed by atoms with Gasteiger partial charge in [-0.2, -0.15) is 0 Å². The third-order valence-electron chi connectivity index (χ3n) is 6.27. The minimum absolute atomic E-state index is 0.0215. The number of phenolic OH excluding ortho intramolecular Hbond substituents is 1. The molecule has 0 spiro atoms. The molecule has 0 amide bonds. The summed E-state index contributed by atoms with van der Waals surface area (Å²) >= 11 is 0. The number of nitrogens with zero attached hydrogens (tertiary/aromatic N) is 2. The summed E-state index contributed by atoms with van der Waals surface area (Å²) < 4.78 is 0. The van der Waals surface area contributed by atoms with Crippen LogP contribution in [0.4, 0.5) is 5.69 Å². The molecule has 0 bridgehead atoms. The summed E-state index contributed by atoms with van der Waals surface area (Å²) in [5, 5.41) is 14.3. The van der Waals surface area contributed by atoms with E-state index in [0.717, 1.165) is 53.0 Å². The highest BCUT2D eigenvalue weighted by atomic mass is 16.3. The molecule has 5 heteroatoms. The topological polar surface area (TPSA) is 65.5 Å². The number of phenols is 1. The number of fused-ring (bicyclic) bond motifs is 1. The Bertz CT molecular complexity index is 1070. The number of pyridine rings is 1. The van der Waals surface area contributed by atoms with Crippen LogP contribution in [-0.4, -0.2) is 47.5 Å². The highest BCUT2D eigenvalue weighted by Crippen LogP contribution is 2.34. The second-order valence-electron chi connectivity index (χ2n) is 9.01. The van der Waals surface area contributed by atoms with Gasteiger partial charge in [0.05, 0.1) is 16.8 Å². The number of Topliss-reactive ketones (excluding diaryl/α,β-unsaturated/α-hetero) is 1. The molecule has 0 unspecified atom stereocenters. The van der Waals surface area contributed by atoms with Crippen molar-refractivity contribution in [1.29, 1.82) is 0 Å².